The summed E-state index contributed by atoms with van der Waals surface area (Å²) in [6, 6.07) is 0. The Morgan fingerprint density at radius 1 is 0.800 bits per heavy atom. The number of ether oxygens (including phenoxy) is 2. The lowest BCUT2D eigenvalue weighted by Gasteiger charge is -2.14. The van der Waals surface area contributed by atoms with Crippen LogP contribution in [0.3, 0.4) is 0 Å². The highest BCUT2D eigenvalue weighted by molar-refractivity contribution is 7.57. The normalized spacial score (nSPS) is 13.3. The van der Waals surface area contributed by atoms with E-state index in [9.17, 15) is 13.9 Å². The third-order valence-corrected chi connectivity index (χ3v) is 5.54. The van der Waals surface area contributed by atoms with Crippen molar-refractivity contribution in [3.63, 3.8) is 0 Å². The Kier molecular flexibility index (Phi) is 20.2. The van der Waals surface area contributed by atoms with E-state index in [-0.39, 0.29) is 33.2 Å². The monoisotopic (exact) mass is 473 g/mol. The molecule has 1 unspecified atom stereocenters. The Morgan fingerprint density at radius 2 is 1.30 bits per heavy atom. The van der Waals surface area contributed by atoms with Crippen LogP contribution in [0.15, 0.2) is 12.7 Å². The minimum atomic E-state index is -3.08. The smallest absolute Gasteiger partial charge is 0.327 e. The lowest BCUT2D eigenvalue weighted by molar-refractivity contribution is -0.116. The molecule has 0 saturated carbocycles. The summed E-state index contributed by atoms with van der Waals surface area (Å²) in [5.41, 5.74) is 0. The molecule has 0 aromatic heterocycles. The second-order valence-corrected chi connectivity index (χ2v) is 11.5. The first-order valence-electron chi connectivity index (χ1n) is 9.78. The van der Waals surface area contributed by atoms with E-state index in [1.807, 2.05) is 0 Å². The van der Waals surface area contributed by atoms with E-state index in [1.165, 1.54) is 12.7 Å². The van der Waals surface area contributed by atoms with Gasteiger partial charge in [-0.25, -0.2) is 0 Å². The second kappa shape index (κ2) is 19.2. The van der Waals surface area contributed by atoms with Crippen molar-refractivity contribution in [1.82, 2.24) is 5.32 Å². The molecule has 30 heavy (non-hydrogen) atoms. The van der Waals surface area contributed by atoms with Crippen molar-refractivity contribution < 1.29 is 37.0 Å². The fourth-order valence-corrected chi connectivity index (χ4v) is 3.49. The number of carbonyl (C=O) groups excluding carboxylic acids is 1. The van der Waals surface area contributed by atoms with Gasteiger partial charge in [0.15, 0.2) is 7.37 Å². The maximum absolute atomic E-state index is 12.1. The molecule has 1 N–H and O–H groups in total. The van der Waals surface area contributed by atoms with E-state index < -0.39 is 15.0 Å². The van der Waals surface area contributed by atoms with Crippen LogP contribution in [0.5, 0.6) is 0 Å². The Labute approximate surface area is 182 Å². The molecule has 0 aliphatic carbocycles. The zero-order chi connectivity index (χ0) is 22.0. The quantitative estimate of drug-likeness (QED) is 0.161. The molecular formula is C19H41NO8P2. The largest absolute Gasteiger partial charge is 0.377 e. The van der Waals surface area contributed by atoms with Gasteiger partial charge >= 0.3 is 7.60 Å². The standard InChI is InChI=1S/C18H37NO8P2.CH4/c1-5-18(20)19-10-8-6-7-9-11-26-29(4,22)27-17-15-24-13-12-23-14-16-25-28(2,3)21;/h5H,1,6-17H2,2-4H3,(H,19,20);1H4. The number of rotatable bonds is 20. The highest BCUT2D eigenvalue weighted by Crippen LogP contribution is 2.43. The molecule has 1 atom stereocenters. The van der Waals surface area contributed by atoms with Crippen molar-refractivity contribution in [2.24, 2.45) is 0 Å². The average molecular weight is 473 g/mol. The zero-order valence-electron chi connectivity index (χ0n) is 17.9. The number of amides is 1. The van der Waals surface area contributed by atoms with E-state index in [1.54, 1.807) is 13.3 Å². The molecule has 0 radical (unpaired) electrons. The molecule has 0 fully saturated rings. The number of nitrogens with one attached hydrogen (secondary N) is 1. The van der Waals surface area contributed by atoms with Crippen LogP contribution in [0.25, 0.3) is 0 Å². The first kappa shape index (κ1) is 31.7. The van der Waals surface area contributed by atoms with Crippen LogP contribution in [-0.2, 0) is 37.0 Å². The fraction of sp³-hybridized carbons (Fsp3) is 0.842. The molecule has 11 heteroatoms. The molecule has 0 aliphatic rings. The molecule has 0 aromatic carbocycles. The van der Waals surface area contributed by atoms with Crippen LogP contribution in [0.2, 0.25) is 0 Å². The minimum absolute atomic E-state index is 0. The van der Waals surface area contributed by atoms with Crippen molar-refractivity contribution in [2.45, 2.75) is 33.1 Å². The minimum Gasteiger partial charge on any atom is -0.377 e. The van der Waals surface area contributed by atoms with Crippen LogP contribution in [0, 0.1) is 0 Å². The number of hydrogen-bond acceptors (Lipinski definition) is 8. The molecule has 1 amide bonds. The van der Waals surface area contributed by atoms with Gasteiger partial charge in [-0.15, -0.1) is 0 Å². The summed E-state index contributed by atoms with van der Waals surface area (Å²) in [7, 11) is -5.54. The van der Waals surface area contributed by atoms with Gasteiger partial charge in [0, 0.05) is 26.5 Å². The maximum atomic E-state index is 12.1. The summed E-state index contributed by atoms with van der Waals surface area (Å²) in [6.07, 6.45) is 4.78. The van der Waals surface area contributed by atoms with Gasteiger partial charge in [-0.1, -0.05) is 26.8 Å². The van der Waals surface area contributed by atoms with Gasteiger partial charge in [-0.05, 0) is 18.9 Å². The topological polar surface area (TPSA) is 109 Å². The van der Waals surface area contributed by atoms with E-state index in [4.69, 9.17) is 23.0 Å². The summed E-state index contributed by atoms with van der Waals surface area (Å²) < 4.78 is 49.7. The van der Waals surface area contributed by atoms with Gasteiger partial charge in [0.25, 0.3) is 0 Å². The molecule has 0 rings (SSSR count). The molecule has 0 heterocycles. The predicted octanol–water partition coefficient (Wildman–Crippen LogP) is 3.93. The SMILES string of the molecule is C.C=CC(=O)NCCCCCCOP(C)(=O)OCCOCCOCCOP(C)(C)=O. The van der Waals surface area contributed by atoms with Crippen LogP contribution < -0.4 is 5.32 Å². The Morgan fingerprint density at radius 3 is 1.87 bits per heavy atom. The van der Waals surface area contributed by atoms with Crippen molar-refractivity contribution in [2.75, 3.05) is 72.8 Å². The summed E-state index contributed by atoms with van der Waals surface area (Å²) >= 11 is 0. The Balaban J connectivity index is 0. The van der Waals surface area contributed by atoms with Crippen molar-refractivity contribution in [3.05, 3.63) is 12.7 Å². The molecule has 0 bridgehead atoms. The summed E-state index contributed by atoms with van der Waals surface area (Å²) in [6.45, 7) is 10.8. The van der Waals surface area contributed by atoms with Crippen LogP contribution in [-0.4, -0.2) is 78.7 Å². The molecule has 0 aliphatic heterocycles. The van der Waals surface area contributed by atoms with Gasteiger partial charge in [0.05, 0.1) is 46.2 Å². The molecule has 9 nitrogen and oxygen atoms in total. The lowest BCUT2D eigenvalue weighted by Crippen LogP contribution is -2.21. The second-order valence-electron chi connectivity index (χ2n) is 6.66. The molecule has 0 aromatic rings. The summed E-state index contributed by atoms with van der Waals surface area (Å²) in [4.78, 5) is 11.0. The number of unbranched alkanes of at least 4 members (excludes halogenated alkanes) is 3. The molecule has 0 saturated heterocycles. The zero-order valence-corrected chi connectivity index (χ0v) is 19.7. The molecule has 180 valence electrons. The van der Waals surface area contributed by atoms with Gasteiger partial charge in [0.2, 0.25) is 5.91 Å². The maximum Gasteiger partial charge on any atom is 0.327 e. The third kappa shape index (κ3) is 23.7. The molecular weight excluding hydrogens is 432 g/mol. The first-order valence-corrected chi connectivity index (χ1v) is 14.3. The van der Waals surface area contributed by atoms with Crippen molar-refractivity contribution in [3.8, 4) is 0 Å². The molecule has 0 spiro atoms. The average Bonchev–Trinajstić information content (AvgIpc) is 2.64. The van der Waals surface area contributed by atoms with Gasteiger partial charge in [-0.3, -0.25) is 13.9 Å². The van der Waals surface area contributed by atoms with Crippen LogP contribution >= 0.6 is 15.0 Å². The van der Waals surface area contributed by atoms with Gasteiger partial charge in [0.1, 0.15) is 0 Å². The highest BCUT2D eigenvalue weighted by atomic mass is 31.2. The third-order valence-electron chi connectivity index (χ3n) is 3.44. The van der Waals surface area contributed by atoms with Crippen LogP contribution in [0.4, 0.5) is 0 Å². The van der Waals surface area contributed by atoms with Crippen molar-refractivity contribution in [1.29, 1.82) is 0 Å². The summed E-state index contributed by atoms with van der Waals surface area (Å²) in [5.74, 6) is -0.162. The van der Waals surface area contributed by atoms with E-state index in [2.05, 4.69) is 11.9 Å². The highest BCUT2D eigenvalue weighted by Gasteiger charge is 2.16. The Hall–Kier alpha value is -0.530. The fourth-order valence-electron chi connectivity index (χ4n) is 2.03. The Bertz CT molecular complexity index is 539. The number of carbonyl (C=O) groups is 1. The number of hydrogen-bond donors (Lipinski definition) is 1. The van der Waals surface area contributed by atoms with Gasteiger partial charge < -0.3 is 28.4 Å². The summed E-state index contributed by atoms with van der Waals surface area (Å²) in [5, 5.41) is 2.71. The van der Waals surface area contributed by atoms with E-state index >= 15 is 0 Å². The first-order chi connectivity index (χ1) is 13.7. The lowest BCUT2D eigenvalue weighted by atomic mass is 10.2. The van der Waals surface area contributed by atoms with Crippen LogP contribution in [0.1, 0.15) is 33.1 Å². The predicted molar refractivity (Wildman–Crippen MR) is 121 cm³/mol. The van der Waals surface area contributed by atoms with E-state index in [0.717, 1.165) is 25.7 Å². The van der Waals surface area contributed by atoms with E-state index in [0.29, 0.717) is 33.0 Å². The van der Waals surface area contributed by atoms with Gasteiger partial charge in [-0.2, -0.15) is 0 Å². The van der Waals surface area contributed by atoms with Crippen molar-refractivity contribution >= 4 is 20.9 Å².